The van der Waals surface area contributed by atoms with E-state index in [1.807, 2.05) is 36.6 Å². The lowest BCUT2D eigenvalue weighted by Gasteiger charge is -2.05. The molecule has 134 valence electrons. The number of benzene rings is 2. The van der Waals surface area contributed by atoms with Crippen LogP contribution in [0.5, 0.6) is 0 Å². The van der Waals surface area contributed by atoms with Crippen molar-refractivity contribution in [3.63, 3.8) is 0 Å². The predicted octanol–water partition coefficient (Wildman–Crippen LogP) is 3.70. The summed E-state index contributed by atoms with van der Waals surface area (Å²) in [6.07, 6.45) is 1.31. The van der Waals surface area contributed by atoms with Gasteiger partial charge in [-0.2, -0.15) is 0 Å². The van der Waals surface area contributed by atoms with Gasteiger partial charge in [-0.25, -0.2) is 13.4 Å². The van der Waals surface area contributed by atoms with Gasteiger partial charge >= 0.3 is 0 Å². The van der Waals surface area contributed by atoms with E-state index in [-0.39, 0.29) is 17.2 Å². The first kappa shape index (κ1) is 18.3. The first-order chi connectivity index (χ1) is 12.3. The van der Waals surface area contributed by atoms with Crippen molar-refractivity contribution in [2.45, 2.75) is 18.2 Å². The molecule has 0 fully saturated rings. The number of aryl methyl sites for hydroxylation is 1. The average molecular weight is 386 g/mol. The van der Waals surface area contributed by atoms with E-state index in [1.54, 1.807) is 12.1 Å². The van der Waals surface area contributed by atoms with Crippen molar-refractivity contribution in [1.82, 2.24) is 4.98 Å². The molecule has 3 aromatic rings. The van der Waals surface area contributed by atoms with Crippen molar-refractivity contribution in [1.29, 1.82) is 0 Å². The molecule has 0 bridgehead atoms. The number of rotatable bonds is 5. The van der Waals surface area contributed by atoms with Crippen LogP contribution in [-0.4, -0.2) is 25.6 Å². The number of hydrogen-bond acceptors (Lipinski definition) is 5. The molecule has 0 aliphatic carbocycles. The van der Waals surface area contributed by atoms with Crippen LogP contribution in [0.3, 0.4) is 0 Å². The number of nitrogens with zero attached hydrogens (tertiary/aromatic N) is 1. The number of hydrogen-bond donors (Lipinski definition) is 1. The van der Waals surface area contributed by atoms with Gasteiger partial charge < -0.3 is 5.32 Å². The van der Waals surface area contributed by atoms with Crippen molar-refractivity contribution < 1.29 is 13.2 Å². The zero-order valence-corrected chi connectivity index (χ0v) is 16.0. The number of amides is 1. The SMILES string of the molecule is Cc1ccc(-c2nc(CC(=O)Nc3ccc(S(C)(=O)=O)cc3)cs2)cc1. The van der Waals surface area contributed by atoms with Crippen LogP contribution in [0.4, 0.5) is 5.69 Å². The molecular formula is C19H18N2O3S2. The van der Waals surface area contributed by atoms with Gasteiger partial charge in [-0.1, -0.05) is 29.8 Å². The van der Waals surface area contributed by atoms with Gasteiger partial charge in [0.25, 0.3) is 0 Å². The van der Waals surface area contributed by atoms with Crippen molar-refractivity contribution in [3.8, 4) is 10.6 Å². The molecule has 26 heavy (non-hydrogen) atoms. The number of sulfone groups is 1. The molecule has 0 saturated heterocycles. The van der Waals surface area contributed by atoms with Gasteiger partial charge in [-0.15, -0.1) is 11.3 Å². The first-order valence-corrected chi connectivity index (χ1v) is 10.7. The zero-order valence-electron chi connectivity index (χ0n) is 14.4. The summed E-state index contributed by atoms with van der Waals surface area (Å²) in [6, 6.07) is 14.2. The fourth-order valence-corrected chi connectivity index (χ4v) is 3.83. The Kier molecular flexibility index (Phi) is 5.20. The van der Waals surface area contributed by atoms with E-state index in [4.69, 9.17) is 0 Å². The highest BCUT2D eigenvalue weighted by molar-refractivity contribution is 7.90. The van der Waals surface area contributed by atoms with Crippen molar-refractivity contribution in [2.75, 3.05) is 11.6 Å². The second-order valence-electron chi connectivity index (χ2n) is 6.03. The quantitative estimate of drug-likeness (QED) is 0.725. The number of aromatic nitrogens is 1. The number of carbonyl (C=O) groups excluding carboxylic acids is 1. The number of carbonyl (C=O) groups is 1. The van der Waals surface area contributed by atoms with E-state index in [0.717, 1.165) is 16.8 Å². The highest BCUT2D eigenvalue weighted by Gasteiger charge is 2.11. The number of thiazole rings is 1. The van der Waals surface area contributed by atoms with Gasteiger partial charge in [0.1, 0.15) is 5.01 Å². The minimum Gasteiger partial charge on any atom is -0.326 e. The van der Waals surface area contributed by atoms with E-state index in [1.165, 1.54) is 29.0 Å². The highest BCUT2D eigenvalue weighted by atomic mass is 32.2. The van der Waals surface area contributed by atoms with Gasteiger partial charge in [-0.3, -0.25) is 4.79 Å². The molecule has 0 aliphatic heterocycles. The Morgan fingerprint density at radius 2 is 1.73 bits per heavy atom. The maximum absolute atomic E-state index is 12.2. The number of anilines is 1. The summed E-state index contributed by atoms with van der Waals surface area (Å²) in [5.74, 6) is -0.196. The molecule has 1 aromatic heterocycles. The first-order valence-electron chi connectivity index (χ1n) is 7.93. The number of nitrogens with one attached hydrogen (secondary N) is 1. The van der Waals surface area contributed by atoms with E-state index < -0.39 is 9.84 Å². The van der Waals surface area contributed by atoms with Crippen molar-refractivity contribution in [3.05, 3.63) is 65.2 Å². The Morgan fingerprint density at radius 1 is 1.08 bits per heavy atom. The highest BCUT2D eigenvalue weighted by Crippen LogP contribution is 2.24. The largest absolute Gasteiger partial charge is 0.326 e. The van der Waals surface area contributed by atoms with Gasteiger partial charge in [-0.05, 0) is 31.2 Å². The molecule has 0 unspecified atom stereocenters. The third-order valence-electron chi connectivity index (χ3n) is 3.76. The molecule has 0 aliphatic rings. The molecule has 0 radical (unpaired) electrons. The van der Waals surface area contributed by atoms with Crippen LogP contribution in [0, 0.1) is 6.92 Å². The summed E-state index contributed by atoms with van der Waals surface area (Å²) in [5.41, 5.74) is 3.47. The summed E-state index contributed by atoms with van der Waals surface area (Å²) in [6.45, 7) is 2.03. The fourth-order valence-electron chi connectivity index (χ4n) is 2.37. The normalized spacial score (nSPS) is 11.3. The van der Waals surface area contributed by atoms with Gasteiger partial charge in [0.05, 0.1) is 17.0 Å². The van der Waals surface area contributed by atoms with E-state index in [0.29, 0.717) is 11.4 Å². The Labute approximate surface area is 156 Å². The van der Waals surface area contributed by atoms with Crippen LogP contribution < -0.4 is 5.32 Å². The monoisotopic (exact) mass is 386 g/mol. The lowest BCUT2D eigenvalue weighted by molar-refractivity contribution is -0.115. The molecule has 1 N–H and O–H groups in total. The lowest BCUT2D eigenvalue weighted by atomic mass is 10.2. The molecule has 7 heteroatoms. The van der Waals surface area contributed by atoms with E-state index >= 15 is 0 Å². The standard InChI is InChI=1S/C19H18N2O3S2/c1-13-3-5-14(6-4-13)19-21-16(12-25-19)11-18(22)20-15-7-9-17(10-8-15)26(2,23)24/h3-10,12H,11H2,1-2H3,(H,20,22). The van der Waals surface area contributed by atoms with Gasteiger partial charge in [0.15, 0.2) is 9.84 Å². The van der Waals surface area contributed by atoms with Gasteiger partial charge in [0, 0.05) is 22.9 Å². The molecule has 3 rings (SSSR count). The second kappa shape index (κ2) is 7.39. The van der Waals surface area contributed by atoms with Crippen LogP contribution in [0.25, 0.3) is 10.6 Å². The molecule has 1 heterocycles. The van der Waals surface area contributed by atoms with E-state index in [2.05, 4.69) is 10.3 Å². The molecule has 5 nitrogen and oxygen atoms in total. The summed E-state index contributed by atoms with van der Waals surface area (Å²) in [5, 5.41) is 5.51. The molecule has 2 aromatic carbocycles. The summed E-state index contributed by atoms with van der Waals surface area (Å²) in [7, 11) is -3.24. The van der Waals surface area contributed by atoms with Crippen LogP contribution in [-0.2, 0) is 21.1 Å². The average Bonchev–Trinajstić information content (AvgIpc) is 3.03. The van der Waals surface area contributed by atoms with Crippen LogP contribution in [0.2, 0.25) is 0 Å². The molecule has 1 amide bonds. The smallest absolute Gasteiger partial charge is 0.230 e. The Balaban J connectivity index is 1.64. The van der Waals surface area contributed by atoms with Crippen LogP contribution >= 0.6 is 11.3 Å². The predicted molar refractivity (Wildman–Crippen MR) is 104 cm³/mol. The molecular weight excluding hydrogens is 368 g/mol. The maximum Gasteiger partial charge on any atom is 0.230 e. The van der Waals surface area contributed by atoms with E-state index in [9.17, 15) is 13.2 Å². The Bertz CT molecular complexity index is 1020. The molecule has 0 atom stereocenters. The van der Waals surface area contributed by atoms with Gasteiger partial charge in [0.2, 0.25) is 5.91 Å². The maximum atomic E-state index is 12.2. The fraction of sp³-hybridized carbons (Fsp3) is 0.158. The minimum absolute atomic E-state index is 0.163. The summed E-state index contributed by atoms with van der Waals surface area (Å²) >= 11 is 1.50. The van der Waals surface area contributed by atoms with Crippen LogP contribution in [0.15, 0.2) is 58.8 Å². The summed E-state index contributed by atoms with van der Waals surface area (Å²) < 4.78 is 22.9. The molecule has 0 spiro atoms. The third-order valence-corrected chi connectivity index (χ3v) is 5.83. The second-order valence-corrected chi connectivity index (χ2v) is 8.91. The summed E-state index contributed by atoms with van der Waals surface area (Å²) in [4.78, 5) is 16.9. The topological polar surface area (TPSA) is 76.1 Å². The Hall–Kier alpha value is -2.51. The minimum atomic E-state index is -3.24. The third kappa shape index (κ3) is 4.56. The van der Waals surface area contributed by atoms with Crippen LogP contribution in [0.1, 0.15) is 11.3 Å². The van der Waals surface area contributed by atoms with Crippen molar-refractivity contribution >= 4 is 32.8 Å². The zero-order chi connectivity index (χ0) is 18.7. The molecule has 0 saturated carbocycles. The Morgan fingerprint density at radius 3 is 2.35 bits per heavy atom. The lowest BCUT2D eigenvalue weighted by Crippen LogP contribution is -2.14. The van der Waals surface area contributed by atoms with Crippen molar-refractivity contribution in [2.24, 2.45) is 0 Å².